The van der Waals surface area contributed by atoms with Gasteiger partial charge in [0.1, 0.15) is 23.8 Å². The zero-order chi connectivity index (χ0) is 20.4. The van der Waals surface area contributed by atoms with Gasteiger partial charge in [-0.05, 0) is 39.8 Å². The summed E-state index contributed by atoms with van der Waals surface area (Å²) in [4.78, 5) is 23.1. The normalized spacial score (nSPS) is 12.1. The third-order valence-corrected chi connectivity index (χ3v) is 4.45. The maximum atomic E-state index is 12.5. The van der Waals surface area contributed by atoms with Crippen molar-refractivity contribution in [3.8, 4) is 0 Å². The number of hydrogen-bond acceptors (Lipinski definition) is 6. The molecule has 0 spiro atoms. The van der Waals surface area contributed by atoms with Crippen molar-refractivity contribution in [3.05, 3.63) is 57.4 Å². The van der Waals surface area contributed by atoms with Gasteiger partial charge in [-0.15, -0.1) is 0 Å². The van der Waals surface area contributed by atoms with E-state index in [2.05, 4.69) is 20.6 Å². The van der Waals surface area contributed by atoms with Crippen LogP contribution in [0, 0.1) is 24.0 Å². The van der Waals surface area contributed by atoms with Crippen LogP contribution >= 0.6 is 0 Å². The monoisotopic (exact) mass is 386 g/mol. The van der Waals surface area contributed by atoms with Gasteiger partial charge in [-0.1, -0.05) is 0 Å². The lowest BCUT2D eigenvalue weighted by molar-refractivity contribution is -0.386. The lowest BCUT2D eigenvalue weighted by atomic mass is 10.2. The Bertz CT molecular complexity index is 1020. The number of nitrogens with one attached hydrogen (secondary N) is 1. The summed E-state index contributed by atoms with van der Waals surface area (Å²) in [6.07, 6.45) is 3.49. The molecule has 1 amide bonds. The fourth-order valence-electron chi connectivity index (χ4n) is 2.92. The van der Waals surface area contributed by atoms with Crippen LogP contribution in [-0.2, 0) is 13.2 Å². The molecule has 0 radical (unpaired) electrons. The fraction of sp³-hybridized carbons (Fsp3) is 0.412. The first-order chi connectivity index (χ1) is 13.3. The van der Waals surface area contributed by atoms with Crippen LogP contribution in [0.15, 0.2) is 24.5 Å². The zero-order valence-electron chi connectivity index (χ0n) is 16.2. The van der Waals surface area contributed by atoms with Crippen LogP contribution in [0.3, 0.4) is 0 Å². The SMILES string of the molecule is CCn1ccc(C(C)NC(=O)c2ccn(Cn3nc(C)c([N+](=O)[O-])c3C)n2)n1. The number of carbonyl (C=O) groups excluding carboxylic acids is 1. The van der Waals surface area contributed by atoms with E-state index in [4.69, 9.17) is 0 Å². The number of aryl methyl sites for hydroxylation is 2. The summed E-state index contributed by atoms with van der Waals surface area (Å²) < 4.78 is 4.79. The minimum Gasteiger partial charge on any atom is -0.342 e. The second-order valence-corrected chi connectivity index (χ2v) is 6.45. The van der Waals surface area contributed by atoms with Crippen molar-refractivity contribution in [2.45, 2.75) is 47.0 Å². The maximum Gasteiger partial charge on any atom is 0.312 e. The molecule has 1 unspecified atom stereocenters. The molecule has 3 aromatic rings. The second kappa shape index (κ2) is 7.62. The molecule has 11 nitrogen and oxygen atoms in total. The van der Waals surface area contributed by atoms with Crippen molar-refractivity contribution in [2.24, 2.45) is 0 Å². The largest absolute Gasteiger partial charge is 0.342 e. The van der Waals surface area contributed by atoms with Crippen molar-refractivity contribution in [2.75, 3.05) is 0 Å². The Balaban J connectivity index is 1.69. The molecular weight excluding hydrogens is 364 g/mol. The molecular formula is C17H22N8O3. The summed E-state index contributed by atoms with van der Waals surface area (Å²) >= 11 is 0. The molecule has 0 aliphatic heterocycles. The molecule has 148 valence electrons. The summed E-state index contributed by atoms with van der Waals surface area (Å²) in [6, 6.07) is 3.19. The van der Waals surface area contributed by atoms with E-state index >= 15 is 0 Å². The summed E-state index contributed by atoms with van der Waals surface area (Å²) in [5.41, 5.74) is 1.78. The van der Waals surface area contributed by atoms with Crippen LogP contribution in [0.5, 0.6) is 0 Å². The number of aromatic nitrogens is 6. The van der Waals surface area contributed by atoms with E-state index in [0.717, 1.165) is 12.2 Å². The summed E-state index contributed by atoms with van der Waals surface area (Å²) in [6.45, 7) is 7.99. The van der Waals surface area contributed by atoms with Gasteiger partial charge in [0.05, 0.1) is 16.7 Å². The van der Waals surface area contributed by atoms with E-state index in [-0.39, 0.29) is 30.0 Å². The van der Waals surface area contributed by atoms with E-state index in [1.165, 1.54) is 9.36 Å². The van der Waals surface area contributed by atoms with Crippen molar-refractivity contribution >= 4 is 11.6 Å². The Morgan fingerprint density at radius 1 is 1.21 bits per heavy atom. The maximum absolute atomic E-state index is 12.5. The molecule has 1 atom stereocenters. The molecule has 11 heteroatoms. The van der Waals surface area contributed by atoms with Gasteiger partial charge in [-0.3, -0.25) is 24.3 Å². The molecule has 0 aliphatic carbocycles. The van der Waals surface area contributed by atoms with E-state index in [9.17, 15) is 14.9 Å². The van der Waals surface area contributed by atoms with Gasteiger partial charge < -0.3 is 5.32 Å². The Kier molecular flexibility index (Phi) is 5.25. The average Bonchev–Trinajstić information content (AvgIpc) is 3.35. The summed E-state index contributed by atoms with van der Waals surface area (Å²) in [7, 11) is 0. The van der Waals surface area contributed by atoms with Crippen LogP contribution in [0.25, 0.3) is 0 Å². The molecule has 28 heavy (non-hydrogen) atoms. The second-order valence-electron chi connectivity index (χ2n) is 6.45. The number of carbonyl (C=O) groups is 1. The van der Waals surface area contributed by atoms with Gasteiger partial charge in [-0.25, -0.2) is 4.68 Å². The molecule has 0 bridgehead atoms. The standard InChI is InChI=1S/C17H22N8O3/c1-5-22-8-6-14(20-22)11(2)18-17(26)15-7-9-23(21-15)10-24-13(4)16(25(27)28)12(3)19-24/h6-9,11H,5,10H2,1-4H3,(H,18,26). The van der Waals surface area contributed by atoms with Crippen molar-refractivity contribution in [1.29, 1.82) is 0 Å². The van der Waals surface area contributed by atoms with Crippen molar-refractivity contribution in [1.82, 2.24) is 34.7 Å². The molecule has 0 aliphatic rings. The molecule has 0 saturated heterocycles. The third-order valence-electron chi connectivity index (χ3n) is 4.45. The Hall–Kier alpha value is -3.50. The predicted octanol–water partition coefficient (Wildman–Crippen LogP) is 1.82. The fourth-order valence-corrected chi connectivity index (χ4v) is 2.92. The predicted molar refractivity (Wildman–Crippen MR) is 99.8 cm³/mol. The van der Waals surface area contributed by atoms with Gasteiger partial charge >= 0.3 is 5.69 Å². The van der Waals surface area contributed by atoms with Gasteiger partial charge in [0.25, 0.3) is 5.91 Å². The van der Waals surface area contributed by atoms with E-state index < -0.39 is 4.92 Å². The molecule has 1 N–H and O–H groups in total. The number of nitrogens with zero attached hydrogens (tertiary/aromatic N) is 7. The Labute approximate surface area is 161 Å². The number of hydrogen-bond donors (Lipinski definition) is 1. The van der Waals surface area contributed by atoms with Crippen LogP contribution < -0.4 is 5.32 Å². The zero-order valence-corrected chi connectivity index (χ0v) is 16.2. The summed E-state index contributed by atoms with van der Waals surface area (Å²) in [5, 5.41) is 26.8. The molecule has 0 saturated carbocycles. The minimum absolute atomic E-state index is 0.00883. The number of nitro groups is 1. The van der Waals surface area contributed by atoms with Gasteiger partial charge in [0.2, 0.25) is 0 Å². The lowest BCUT2D eigenvalue weighted by Gasteiger charge is -2.10. The first-order valence-corrected chi connectivity index (χ1v) is 8.86. The highest BCUT2D eigenvalue weighted by atomic mass is 16.6. The molecule has 3 heterocycles. The topological polar surface area (TPSA) is 126 Å². The van der Waals surface area contributed by atoms with E-state index in [1.54, 1.807) is 30.8 Å². The van der Waals surface area contributed by atoms with Gasteiger partial charge in [-0.2, -0.15) is 15.3 Å². The van der Waals surface area contributed by atoms with Gasteiger partial charge in [0.15, 0.2) is 0 Å². The van der Waals surface area contributed by atoms with Crippen LogP contribution in [-0.4, -0.2) is 40.2 Å². The molecule has 0 fully saturated rings. The highest BCUT2D eigenvalue weighted by Gasteiger charge is 2.22. The smallest absolute Gasteiger partial charge is 0.312 e. The van der Waals surface area contributed by atoms with Gasteiger partial charge in [0, 0.05) is 18.9 Å². The van der Waals surface area contributed by atoms with Crippen molar-refractivity contribution in [3.63, 3.8) is 0 Å². The highest BCUT2D eigenvalue weighted by Crippen LogP contribution is 2.21. The van der Waals surface area contributed by atoms with Crippen LogP contribution in [0.1, 0.15) is 47.5 Å². The molecule has 0 aromatic carbocycles. The van der Waals surface area contributed by atoms with Crippen molar-refractivity contribution < 1.29 is 9.72 Å². The quantitative estimate of drug-likeness (QED) is 0.487. The highest BCUT2D eigenvalue weighted by molar-refractivity contribution is 5.92. The Morgan fingerprint density at radius 2 is 1.93 bits per heavy atom. The minimum atomic E-state index is -0.447. The van der Waals surface area contributed by atoms with Crippen LogP contribution in [0.2, 0.25) is 0 Å². The average molecular weight is 386 g/mol. The first kappa shape index (κ1) is 19.3. The van der Waals surface area contributed by atoms with Crippen LogP contribution in [0.4, 0.5) is 5.69 Å². The lowest BCUT2D eigenvalue weighted by Crippen LogP contribution is -2.27. The molecule has 3 rings (SSSR count). The summed E-state index contributed by atoms with van der Waals surface area (Å²) in [5.74, 6) is -0.323. The first-order valence-electron chi connectivity index (χ1n) is 8.86. The third kappa shape index (κ3) is 3.77. The Morgan fingerprint density at radius 3 is 2.54 bits per heavy atom. The molecule has 3 aromatic heterocycles. The van der Waals surface area contributed by atoms with E-state index in [1.807, 2.05) is 26.1 Å². The number of rotatable bonds is 7. The van der Waals surface area contributed by atoms with E-state index in [0.29, 0.717) is 11.4 Å². The number of amides is 1.